The van der Waals surface area contributed by atoms with Crippen LogP contribution >= 0.6 is 11.3 Å². The minimum absolute atomic E-state index is 0.0680. The molecule has 174 valence electrons. The molecule has 33 heavy (non-hydrogen) atoms. The Morgan fingerprint density at radius 3 is 2.36 bits per heavy atom. The lowest BCUT2D eigenvalue weighted by atomic mass is 10.3. The van der Waals surface area contributed by atoms with Crippen LogP contribution in [0.1, 0.15) is 25.5 Å². The largest absolute Gasteiger partial charge is 0.342 e. The number of para-hydroxylation sites is 1. The van der Waals surface area contributed by atoms with Gasteiger partial charge in [0, 0.05) is 57.6 Å². The minimum Gasteiger partial charge on any atom is -0.342 e. The van der Waals surface area contributed by atoms with Crippen molar-refractivity contribution in [2.24, 2.45) is 0 Å². The van der Waals surface area contributed by atoms with Gasteiger partial charge in [-0.25, -0.2) is 4.98 Å². The van der Waals surface area contributed by atoms with Gasteiger partial charge in [0.2, 0.25) is 17.7 Å². The van der Waals surface area contributed by atoms with Crippen molar-refractivity contribution in [1.82, 2.24) is 19.7 Å². The number of amides is 3. The van der Waals surface area contributed by atoms with Crippen molar-refractivity contribution < 1.29 is 14.4 Å². The van der Waals surface area contributed by atoms with Crippen LogP contribution in [0.25, 0.3) is 6.08 Å². The fraction of sp³-hybridized carbons (Fsp3) is 0.417. The number of likely N-dealkylation sites (tertiary alicyclic amines) is 1. The molecular formula is C24H29N5O3S. The summed E-state index contributed by atoms with van der Waals surface area (Å²) in [5, 5.41) is 2.40. The van der Waals surface area contributed by atoms with E-state index in [9.17, 15) is 14.4 Å². The number of aromatic nitrogens is 1. The number of anilines is 2. The Kier molecular flexibility index (Phi) is 7.51. The fourth-order valence-electron chi connectivity index (χ4n) is 4.11. The molecule has 0 saturated carbocycles. The Balaban J connectivity index is 1.30. The first-order valence-electron chi connectivity index (χ1n) is 11.3. The second kappa shape index (κ2) is 10.7. The van der Waals surface area contributed by atoms with E-state index in [-0.39, 0.29) is 17.7 Å². The molecule has 0 atom stereocenters. The van der Waals surface area contributed by atoms with Crippen LogP contribution in [0.5, 0.6) is 0 Å². The van der Waals surface area contributed by atoms with Crippen LogP contribution in [0, 0.1) is 0 Å². The molecule has 2 aliphatic heterocycles. The highest BCUT2D eigenvalue weighted by Gasteiger charge is 2.24. The lowest BCUT2D eigenvalue weighted by Crippen LogP contribution is -2.51. The second-order valence-corrected chi connectivity index (χ2v) is 9.10. The van der Waals surface area contributed by atoms with Crippen molar-refractivity contribution >= 4 is 46.0 Å². The predicted molar refractivity (Wildman–Crippen MR) is 129 cm³/mol. The van der Waals surface area contributed by atoms with E-state index < -0.39 is 0 Å². The van der Waals surface area contributed by atoms with E-state index in [1.807, 2.05) is 40.6 Å². The number of hydrogen-bond donors (Lipinski definition) is 0. The zero-order valence-electron chi connectivity index (χ0n) is 18.9. The topological polar surface area (TPSA) is 77.1 Å². The lowest BCUT2D eigenvalue weighted by molar-refractivity contribution is -0.132. The number of rotatable bonds is 6. The molecule has 0 unspecified atom stereocenters. The van der Waals surface area contributed by atoms with Crippen LogP contribution in [-0.2, 0) is 14.4 Å². The third kappa shape index (κ3) is 5.85. The summed E-state index contributed by atoms with van der Waals surface area (Å²) in [5.41, 5.74) is 1.40. The van der Waals surface area contributed by atoms with E-state index >= 15 is 0 Å². The number of hydrogen-bond acceptors (Lipinski definition) is 6. The molecule has 3 heterocycles. The maximum atomic E-state index is 12.6. The van der Waals surface area contributed by atoms with Crippen molar-refractivity contribution in [3.8, 4) is 0 Å². The first-order valence-corrected chi connectivity index (χ1v) is 12.2. The van der Waals surface area contributed by atoms with Crippen LogP contribution in [0.4, 0.5) is 10.8 Å². The molecule has 0 N–H and O–H groups in total. The Bertz CT molecular complexity index is 1010. The Labute approximate surface area is 198 Å². The van der Waals surface area contributed by atoms with E-state index in [0.29, 0.717) is 43.5 Å². The first-order chi connectivity index (χ1) is 16.0. The second-order valence-electron chi connectivity index (χ2n) is 8.27. The molecule has 0 spiro atoms. The highest BCUT2D eigenvalue weighted by atomic mass is 32.1. The van der Waals surface area contributed by atoms with E-state index in [0.717, 1.165) is 31.6 Å². The van der Waals surface area contributed by atoms with E-state index in [2.05, 4.69) is 9.88 Å². The highest BCUT2D eigenvalue weighted by Crippen LogP contribution is 2.29. The van der Waals surface area contributed by atoms with Gasteiger partial charge in [0.1, 0.15) is 0 Å². The summed E-state index contributed by atoms with van der Waals surface area (Å²) < 4.78 is 0. The van der Waals surface area contributed by atoms with Gasteiger partial charge in [0.25, 0.3) is 0 Å². The number of nitrogens with zero attached hydrogens (tertiary/aromatic N) is 5. The van der Waals surface area contributed by atoms with Crippen LogP contribution in [-0.4, -0.2) is 83.2 Å². The molecule has 1 aromatic heterocycles. The first kappa shape index (κ1) is 23.1. The molecule has 2 fully saturated rings. The summed E-state index contributed by atoms with van der Waals surface area (Å²) >= 11 is 1.36. The monoisotopic (exact) mass is 467 g/mol. The van der Waals surface area contributed by atoms with Gasteiger partial charge in [-0.3, -0.25) is 24.2 Å². The van der Waals surface area contributed by atoms with Crippen LogP contribution in [0.2, 0.25) is 0 Å². The summed E-state index contributed by atoms with van der Waals surface area (Å²) in [7, 11) is 0. The number of carbonyl (C=O) groups excluding carboxylic acids is 3. The molecule has 4 rings (SSSR count). The standard InChI is InChI=1S/C24H29N5O3S/c1-19(30)29(21-7-3-2-4-8-21)24-25-20(18-33-24)9-10-22(31)28-15-13-26(14-16-28)17-23(32)27-11-5-6-12-27/h2-4,7-10,18H,5-6,11-17H2,1H3/b10-9+. The normalized spacial score (nSPS) is 17.0. The number of piperazine rings is 1. The Hall–Kier alpha value is -3.04. The molecule has 3 amide bonds. The predicted octanol–water partition coefficient (Wildman–Crippen LogP) is 2.61. The number of benzene rings is 1. The van der Waals surface area contributed by atoms with Crippen LogP contribution in [0.3, 0.4) is 0 Å². The highest BCUT2D eigenvalue weighted by molar-refractivity contribution is 7.14. The van der Waals surface area contributed by atoms with E-state index in [4.69, 9.17) is 0 Å². The summed E-state index contributed by atoms with van der Waals surface area (Å²) in [6, 6.07) is 9.37. The number of thiazole rings is 1. The van der Waals surface area contributed by atoms with Crippen molar-refractivity contribution in [2.75, 3.05) is 50.7 Å². The molecule has 8 nitrogen and oxygen atoms in total. The van der Waals surface area contributed by atoms with Gasteiger partial charge >= 0.3 is 0 Å². The van der Waals surface area contributed by atoms with Crippen molar-refractivity contribution in [3.63, 3.8) is 0 Å². The maximum Gasteiger partial charge on any atom is 0.246 e. The molecule has 2 aliphatic rings. The van der Waals surface area contributed by atoms with Gasteiger partial charge in [0.15, 0.2) is 5.13 Å². The SMILES string of the molecule is CC(=O)N(c1ccccc1)c1nc(/C=C/C(=O)N2CCN(CC(=O)N3CCCC3)CC2)cs1. The van der Waals surface area contributed by atoms with E-state index in [1.165, 1.54) is 24.3 Å². The molecule has 0 bridgehead atoms. The third-order valence-electron chi connectivity index (χ3n) is 5.93. The zero-order chi connectivity index (χ0) is 23.2. The molecule has 2 saturated heterocycles. The van der Waals surface area contributed by atoms with Gasteiger partial charge in [-0.05, 0) is 31.1 Å². The Morgan fingerprint density at radius 2 is 1.70 bits per heavy atom. The minimum atomic E-state index is -0.122. The van der Waals surface area contributed by atoms with Crippen molar-refractivity contribution in [1.29, 1.82) is 0 Å². The van der Waals surface area contributed by atoms with Gasteiger partial charge < -0.3 is 9.80 Å². The quantitative estimate of drug-likeness (QED) is 0.611. The molecular weight excluding hydrogens is 438 g/mol. The van der Waals surface area contributed by atoms with Crippen LogP contribution in [0.15, 0.2) is 41.8 Å². The number of carbonyl (C=O) groups is 3. The molecule has 0 aliphatic carbocycles. The average molecular weight is 468 g/mol. The van der Waals surface area contributed by atoms with Crippen molar-refractivity contribution in [3.05, 3.63) is 47.5 Å². The van der Waals surface area contributed by atoms with Crippen molar-refractivity contribution in [2.45, 2.75) is 19.8 Å². The van der Waals surface area contributed by atoms with Gasteiger partial charge in [-0.15, -0.1) is 11.3 Å². The summed E-state index contributed by atoms with van der Waals surface area (Å²) in [6.07, 6.45) is 5.42. The molecule has 2 aromatic rings. The third-order valence-corrected chi connectivity index (χ3v) is 6.77. The molecule has 9 heteroatoms. The van der Waals surface area contributed by atoms with Gasteiger partial charge in [0.05, 0.1) is 17.9 Å². The maximum absolute atomic E-state index is 12.6. The smallest absolute Gasteiger partial charge is 0.246 e. The zero-order valence-corrected chi connectivity index (χ0v) is 19.7. The molecule has 0 radical (unpaired) electrons. The van der Waals surface area contributed by atoms with Gasteiger partial charge in [-0.1, -0.05) is 18.2 Å². The summed E-state index contributed by atoms with van der Waals surface area (Å²) in [5.74, 6) is 0.00593. The van der Waals surface area contributed by atoms with Crippen LogP contribution < -0.4 is 4.90 Å². The average Bonchev–Trinajstić information content (AvgIpc) is 3.51. The fourth-order valence-corrected chi connectivity index (χ4v) is 4.96. The summed E-state index contributed by atoms with van der Waals surface area (Å²) in [4.78, 5) is 49.1. The molecule has 1 aromatic carbocycles. The lowest BCUT2D eigenvalue weighted by Gasteiger charge is -2.34. The van der Waals surface area contributed by atoms with E-state index in [1.54, 1.807) is 15.9 Å². The summed E-state index contributed by atoms with van der Waals surface area (Å²) in [6.45, 7) is 6.29. The van der Waals surface area contributed by atoms with Gasteiger partial charge in [-0.2, -0.15) is 0 Å². The Morgan fingerprint density at radius 1 is 1.00 bits per heavy atom.